The molecule has 3 aliphatic heterocycles. The van der Waals surface area contributed by atoms with Crippen LogP contribution in [0.25, 0.3) is 0 Å². The fourth-order valence-corrected chi connectivity index (χ4v) is 4.64. The summed E-state index contributed by atoms with van der Waals surface area (Å²) in [6.07, 6.45) is 10.2. The lowest BCUT2D eigenvalue weighted by molar-refractivity contribution is -0.138. The van der Waals surface area contributed by atoms with Crippen molar-refractivity contribution >= 4 is 11.8 Å². The first-order chi connectivity index (χ1) is 12.1. The molecule has 0 N–H and O–H groups in total. The molecule has 1 atom stereocenters. The molecule has 0 radical (unpaired) electrons. The molecule has 0 aromatic carbocycles. The van der Waals surface area contributed by atoms with Crippen molar-refractivity contribution in [3.05, 3.63) is 0 Å². The SMILES string of the molecule is CC1CCCCN1C(=O)CN1CCC(C(=O)N2CCCCCC2)CC1. The average molecular weight is 350 g/mol. The Hall–Kier alpha value is -1.10. The summed E-state index contributed by atoms with van der Waals surface area (Å²) in [4.78, 5) is 31.8. The van der Waals surface area contributed by atoms with Gasteiger partial charge in [0.25, 0.3) is 0 Å². The third-order valence-electron chi connectivity index (χ3n) is 6.34. The van der Waals surface area contributed by atoms with Crippen molar-refractivity contribution in [3.8, 4) is 0 Å². The average Bonchev–Trinajstić information content (AvgIpc) is 2.91. The van der Waals surface area contributed by atoms with Gasteiger partial charge >= 0.3 is 0 Å². The number of amides is 2. The van der Waals surface area contributed by atoms with Crippen LogP contribution >= 0.6 is 0 Å². The lowest BCUT2D eigenvalue weighted by atomic mass is 9.95. The first-order valence-corrected chi connectivity index (χ1v) is 10.5. The van der Waals surface area contributed by atoms with Crippen molar-refractivity contribution in [1.29, 1.82) is 0 Å². The van der Waals surface area contributed by atoms with Crippen LogP contribution in [-0.4, -0.2) is 71.8 Å². The molecule has 3 fully saturated rings. The van der Waals surface area contributed by atoms with Crippen molar-refractivity contribution in [2.75, 3.05) is 39.3 Å². The maximum Gasteiger partial charge on any atom is 0.236 e. The number of carbonyl (C=O) groups excluding carboxylic acids is 2. The summed E-state index contributed by atoms with van der Waals surface area (Å²) in [6, 6.07) is 0.392. The number of rotatable bonds is 3. The lowest BCUT2D eigenvalue weighted by Gasteiger charge is -2.37. The number of piperidine rings is 2. The van der Waals surface area contributed by atoms with Gasteiger partial charge < -0.3 is 9.80 Å². The molecule has 0 spiro atoms. The number of likely N-dealkylation sites (tertiary alicyclic amines) is 3. The van der Waals surface area contributed by atoms with Gasteiger partial charge in [-0.1, -0.05) is 12.8 Å². The maximum atomic E-state index is 12.8. The fourth-order valence-electron chi connectivity index (χ4n) is 4.64. The van der Waals surface area contributed by atoms with E-state index in [1.54, 1.807) is 0 Å². The highest BCUT2D eigenvalue weighted by molar-refractivity contribution is 5.80. The molecule has 0 aliphatic carbocycles. The van der Waals surface area contributed by atoms with E-state index in [0.29, 0.717) is 18.5 Å². The van der Waals surface area contributed by atoms with E-state index >= 15 is 0 Å². The van der Waals surface area contributed by atoms with Crippen molar-refractivity contribution in [1.82, 2.24) is 14.7 Å². The van der Waals surface area contributed by atoms with Crippen LogP contribution in [0.1, 0.15) is 64.7 Å². The van der Waals surface area contributed by atoms with Gasteiger partial charge in [0, 0.05) is 31.6 Å². The Labute approximate surface area is 152 Å². The van der Waals surface area contributed by atoms with E-state index in [1.807, 2.05) is 0 Å². The highest BCUT2D eigenvalue weighted by Gasteiger charge is 2.31. The molecule has 0 aromatic rings. The van der Waals surface area contributed by atoms with Gasteiger partial charge in [0.05, 0.1) is 6.54 Å². The van der Waals surface area contributed by atoms with Gasteiger partial charge in [-0.3, -0.25) is 14.5 Å². The summed E-state index contributed by atoms with van der Waals surface area (Å²) in [7, 11) is 0. The fraction of sp³-hybridized carbons (Fsp3) is 0.900. The second kappa shape index (κ2) is 9.02. The van der Waals surface area contributed by atoms with Gasteiger partial charge in [0.2, 0.25) is 11.8 Å². The Morgan fingerprint density at radius 2 is 1.44 bits per heavy atom. The van der Waals surface area contributed by atoms with E-state index in [1.165, 1.54) is 19.3 Å². The molecule has 0 bridgehead atoms. The topological polar surface area (TPSA) is 43.9 Å². The van der Waals surface area contributed by atoms with Crippen LogP contribution in [0.4, 0.5) is 0 Å². The predicted molar refractivity (Wildman–Crippen MR) is 99.2 cm³/mol. The van der Waals surface area contributed by atoms with E-state index < -0.39 is 0 Å². The van der Waals surface area contributed by atoms with Gasteiger partial charge in [0.15, 0.2) is 0 Å². The van der Waals surface area contributed by atoms with E-state index in [2.05, 4.69) is 21.6 Å². The highest BCUT2D eigenvalue weighted by Crippen LogP contribution is 2.22. The summed E-state index contributed by atoms with van der Waals surface area (Å²) in [5, 5.41) is 0. The molecule has 5 nitrogen and oxygen atoms in total. The van der Waals surface area contributed by atoms with Gasteiger partial charge in [-0.05, 0) is 65.0 Å². The van der Waals surface area contributed by atoms with E-state index in [9.17, 15) is 9.59 Å². The standard InChI is InChI=1S/C20H35N3O2/c1-17-8-4-7-13-23(17)19(24)16-21-14-9-18(10-15-21)20(25)22-11-5-2-3-6-12-22/h17-18H,2-16H2,1H3. The largest absolute Gasteiger partial charge is 0.342 e. The zero-order chi connectivity index (χ0) is 17.6. The quantitative estimate of drug-likeness (QED) is 0.786. The first-order valence-electron chi connectivity index (χ1n) is 10.5. The zero-order valence-corrected chi connectivity index (χ0v) is 15.9. The Morgan fingerprint density at radius 1 is 0.800 bits per heavy atom. The molecule has 3 saturated heterocycles. The summed E-state index contributed by atoms with van der Waals surface area (Å²) < 4.78 is 0. The molecule has 142 valence electrons. The van der Waals surface area contributed by atoms with Crippen molar-refractivity contribution in [2.45, 2.75) is 70.8 Å². The Balaban J connectivity index is 1.43. The molecule has 0 saturated carbocycles. The minimum absolute atomic E-state index is 0.179. The molecule has 5 heteroatoms. The molecule has 0 aromatic heterocycles. The second-order valence-corrected chi connectivity index (χ2v) is 8.22. The van der Waals surface area contributed by atoms with E-state index in [4.69, 9.17) is 0 Å². The predicted octanol–water partition coefficient (Wildman–Crippen LogP) is 2.50. The Bertz CT molecular complexity index is 452. The molecule has 2 amide bonds. The third-order valence-corrected chi connectivity index (χ3v) is 6.34. The highest BCUT2D eigenvalue weighted by atomic mass is 16.2. The van der Waals surface area contributed by atoms with Gasteiger partial charge in [-0.25, -0.2) is 0 Å². The number of nitrogens with zero attached hydrogens (tertiary/aromatic N) is 3. The summed E-state index contributed by atoms with van der Waals surface area (Å²) in [6.45, 7) is 7.30. The van der Waals surface area contributed by atoms with Crippen molar-refractivity contribution < 1.29 is 9.59 Å². The molecule has 3 heterocycles. The van der Waals surface area contributed by atoms with Crippen LogP contribution in [0.3, 0.4) is 0 Å². The minimum Gasteiger partial charge on any atom is -0.342 e. The van der Waals surface area contributed by atoms with Gasteiger partial charge in [-0.2, -0.15) is 0 Å². The van der Waals surface area contributed by atoms with Gasteiger partial charge in [-0.15, -0.1) is 0 Å². The second-order valence-electron chi connectivity index (χ2n) is 8.22. The third kappa shape index (κ3) is 4.96. The summed E-state index contributed by atoms with van der Waals surface area (Å²) >= 11 is 0. The molecular formula is C20H35N3O2. The van der Waals surface area contributed by atoms with Crippen LogP contribution in [0.2, 0.25) is 0 Å². The number of hydrogen-bond acceptors (Lipinski definition) is 3. The molecule has 3 rings (SSSR count). The molecular weight excluding hydrogens is 314 g/mol. The van der Waals surface area contributed by atoms with Crippen LogP contribution < -0.4 is 0 Å². The number of hydrogen-bond donors (Lipinski definition) is 0. The van der Waals surface area contributed by atoms with Crippen molar-refractivity contribution in [3.63, 3.8) is 0 Å². The van der Waals surface area contributed by atoms with E-state index in [-0.39, 0.29) is 11.8 Å². The van der Waals surface area contributed by atoms with Crippen LogP contribution in [0.5, 0.6) is 0 Å². The molecule has 25 heavy (non-hydrogen) atoms. The zero-order valence-electron chi connectivity index (χ0n) is 15.9. The van der Waals surface area contributed by atoms with Crippen molar-refractivity contribution in [2.24, 2.45) is 5.92 Å². The first kappa shape index (κ1) is 18.7. The Kier molecular flexibility index (Phi) is 6.74. The van der Waals surface area contributed by atoms with Gasteiger partial charge in [0.1, 0.15) is 0 Å². The number of carbonyl (C=O) groups is 2. The van der Waals surface area contributed by atoms with Crippen LogP contribution in [0.15, 0.2) is 0 Å². The van der Waals surface area contributed by atoms with E-state index in [0.717, 1.165) is 71.2 Å². The van der Waals surface area contributed by atoms with Crippen LogP contribution in [0, 0.1) is 5.92 Å². The Morgan fingerprint density at radius 3 is 2.08 bits per heavy atom. The summed E-state index contributed by atoms with van der Waals surface area (Å²) in [5.41, 5.74) is 0. The maximum absolute atomic E-state index is 12.8. The minimum atomic E-state index is 0.179. The monoisotopic (exact) mass is 349 g/mol. The lowest BCUT2D eigenvalue weighted by Crippen LogP contribution is -2.49. The summed E-state index contributed by atoms with van der Waals surface area (Å²) in [5.74, 6) is 0.834. The van der Waals surface area contributed by atoms with Crippen LogP contribution in [-0.2, 0) is 9.59 Å². The molecule has 1 unspecified atom stereocenters. The molecule has 3 aliphatic rings. The smallest absolute Gasteiger partial charge is 0.236 e. The normalized spacial score (nSPS) is 27.2.